The summed E-state index contributed by atoms with van der Waals surface area (Å²) in [6, 6.07) is 9.95. The third kappa shape index (κ3) is 1.86. The molecule has 1 aromatic rings. The molecule has 0 radical (unpaired) electrons. The second-order valence-corrected chi connectivity index (χ2v) is 4.86. The van der Waals surface area contributed by atoms with Gasteiger partial charge in [0.15, 0.2) is 11.0 Å². The molecule has 0 bridgehead atoms. The standard InChI is InChI=1S/C13H11BrN3O/c14-12-9-10-5-4-8-16(13(10)15-17(12)18)11-6-2-1-3-7-11/h1-9,13H,(H,15,18)/q+1. The van der Waals surface area contributed by atoms with Gasteiger partial charge in [-0.2, -0.15) is 0 Å². The molecule has 1 atom stereocenters. The molecule has 0 saturated carbocycles. The molecule has 2 aliphatic heterocycles. The van der Waals surface area contributed by atoms with E-state index in [0.29, 0.717) is 4.61 Å². The second kappa shape index (κ2) is 4.42. The van der Waals surface area contributed by atoms with Crippen LogP contribution in [-0.4, -0.2) is 11.0 Å². The molecule has 0 aromatic heterocycles. The highest BCUT2D eigenvalue weighted by Gasteiger charge is 2.34. The molecule has 1 unspecified atom stereocenters. The van der Waals surface area contributed by atoms with E-state index in [0.717, 1.165) is 16.1 Å². The second-order valence-electron chi connectivity index (χ2n) is 4.04. The number of allylic oxidation sites excluding steroid dienone is 2. The molecule has 1 N–H and O–H groups in total. The molecular weight excluding hydrogens is 294 g/mol. The third-order valence-corrected chi connectivity index (χ3v) is 3.45. The summed E-state index contributed by atoms with van der Waals surface area (Å²) in [5.74, 6) is 0. The minimum absolute atomic E-state index is 0.170. The lowest BCUT2D eigenvalue weighted by Gasteiger charge is -2.32. The zero-order valence-corrected chi connectivity index (χ0v) is 11.0. The van der Waals surface area contributed by atoms with Crippen molar-refractivity contribution in [1.29, 1.82) is 0 Å². The van der Waals surface area contributed by atoms with Gasteiger partial charge in [-0.15, -0.1) is 5.43 Å². The van der Waals surface area contributed by atoms with E-state index in [1.807, 2.05) is 59.7 Å². The van der Waals surface area contributed by atoms with Crippen LogP contribution in [0.2, 0.25) is 0 Å². The normalized spacial score (nSPS) is 21.9. The van der Waals surface area contributed by atoms with Crippen molar-refractivity contribution in [2.45, 2.75) is 6.17 Å². The molecule has 90 valence electrons. The summed E-state index contributed by atoms with van der Waals surface area (Å²) < 4.78 is 0.480. The first-order valence-electron chi connectivity index (χ1n) is 5.58. The minimum Gasteiger partial charge on any atom is -0.319 e. The van der Waals surface area contributed by atoms with Crippen molar-refractivity contribution in [3.63, 3.8) is 0 Å². The van der Waals surface area contributed by atoms with Crippen LogP contribution >= 0.6 is 15.9 Å². The van der Waals surface area contributed by atoms with Gasteiger partial charge in [0.1, 0.15) is 0 Å². The number of anilines is 1. The highest BCUT2D eigenvalue weighted by molar-refractivity contribution is 9.11. The minimum atomic E-state index is -0.170. The molecule has 0 aliphatic carbocycles. The number of para-hydroxylation sites is 1. The van der Waals surface area contributed by atoms with Crippen molar-refractivity contribution < 1.29 is 4.87 Å². The summed E-state index contributed by atoms with van der Waals surface area (Å²) in [5.41, 5.74) is 4.97. The lowest BCUT2D eigenvalue weighted by molar-refractivity contribution is -0.556. The first-order valence-corrected chi connectivity index (χ1v) is 6.37. The third-order valence-electron chi connectivity index (χ3n) is 2.90. The van der Waals surface area contributed by atoms with E-state index in [9.17, 15) is 4.91 Å². The first-order chi connectivity index (χ1) is 8.75. The van der Waals surface area contributed by atoms with Crippen LogP contribution in [0.25, 0.3) is 0 Å². The first kappa shape index (κ1) is 11.2. The van der Waals surface area contributed by atoms with E-state index in [2.05, 4.69) is 21.4 Å². The van der Waals surface area contributed by atoms with Crippen LogP contribution in [0.5, 0.6) is 0 Å². The zero-order valence-electron chi connectivity index (χ0n) is 9.45. The van der Waals surface area contributed by atoms with E-state index in [1.165, 1.54) is 0 Å². The van der Waals surface area contributed by atoms with Gasteiger partial charge < -0.3 is 4.90 Å². The Hall–Kier alpha value is -1.88. The molecule has 5 heteroatoms. The maximum absolute atomic E-state index is 11.6. The molecule has 0 spiro atoms. The van der Waals surface area contributed by atoms with E-state index in [-0.39, 0.29) is 6.17 Å². The number of hydrogen-bond donors (Lipinski definition) is 1. The van der Waals surface area contributed by atoms with Crippen molar-refractivity contribution in [2.24, 2.45) is 0 Å². The Labute approximate surface area is 113 Å². The van der Waals surface area contributed by atoms with Crippen molar-refractivity contribution in [3.8, 4) is 0 Å². The number of fused-ring (bicyclic) bond motifs is 1. The molecule has 2 aliphatic rings. The van der Waals surface area contributed by atoms with E-state index in [1.54, 1.807) is 0 Å². The quantitative estimate of drug-likeness (QED) is 0.640. The Morgan fingerprint density at radius 1 is 1.28 bits per heavy atom. The molecule has 0 saturated heterocycles. The number of hydrogen-bond acceptors (Lipinski definition) is 2. The van der Waals surface area contributed by atoms with Gasteiger partial charge in [0.25, 0.3) is 0 Å². The maximum atomic E-state index is 11.6. The van der Waals surface area contributed by atoms with Crippen molar-refractivity contribution >= 4 is 21.6 Å². The number of nitroso groups, excluding NO2 is 1. The molecule has 1 aromatic carbocycles. The zero-order chi connectivity index (χ0) is 12.5. The summed E-state index contributed by atoms with van der Waals surface area (Å²) in [5, 5.41) is 0. The molecule has 0 amide bonds. The van der Waals surface area contributed by atoms with Gasteiger partial charge in [0.2, 0.25) is 0 Å². The van der Waals surface area contributed by atoms with Crippen LogP contribution in [0.15, 0.2) is 64.9 Å². The molecule has 4 nitrogen and oxygen atoms in total. The monoisotopic (exact) mass is 304 g/mol. The number of nitrogens with one attached hydrogen (secondary N) is 1. The number of hydrazine groups is 1. The Morgan fingerprint density at radius 3 is 2.83 bits per heavy atom. The SMILES string of the molecule is O=[N+]1NC2C(=CC=CN2c2ccccc2)C=C1Br. The van der Waals surface area contributed by atoms with Crippen LogP contribution in [0, 0.1) is 4.91 Å². The van der Waals surface area contributed by atoms with Crippen LogP contribution in [-0.2, 0) is 0 Å². The fourth-order valence-corrected chi connectivity index (χ4v) is 2.42. The predicted octanol–water partition coefficient (Wildman–Crippen LogP) is 2.81. The van der Waals surface area contributed by atoms with Gasteiger partial charge in [0, 0.05) is 39.5 Å². The van der Waals surface area contributed by atoms with Gasteiger partial charge in [-0.05, 0) is 18.2 Å². The summed E-state index contributed by atoms with van der Waals surface area (Å²) in [6.07, 6.45) is 7.57. The summed E-state index contributed by atoms with van der Waals surface area (Å²) >= 11 is 3.22. The van der Waals surface area contributed by atoms with E-state index >= 15 is 0 Å². The van der Waals surface area contributed by atoms with Crippen molar-refractivity contribution in [1.82, 2.24) is 5.43 Å². The van der Waals surface area contributed by atoms with Gasteiger partial charge in [0.05, 0.1) is 4.91 Å². The summed E-state index contributed by atoms with van der Waals surface area (Å²) in [7, 11) is 0. The van der Waals surface area contributed by atoms with Crippen LogP contribution in [0.3, 0.4) is 0 Å². The summed E-state index contributed by atoms with van der Waals surface area (Å²) in [6.45, 7) is 0. The average Bonchev–Trinajstić information content (AvgIpc) is 2.40. The molecule has 18 heavy (non-hydrogen) atoms. The van der Waals surface area contributed by atoms with Gasteiger partial charge in [-0.1, -0.05) is 24.3 Å². The topological polar surface area (TPSA) is 35.4 Å². The fraction of sp³-hybridized carbons (Fsp3) is 0.0769. The van der Waals surface area contributed by atoms with Gasteiger partial charge >= 0.3 is 4.61 Å². The number of rotatable bonds is 1. The predicted molar refractivity (Wildman–Crippen MR) is 73.7 cm³/mol. The Bertz CT molecular complexity index is 577. The molecule has 2 heterocycles. The molecule has 3 rings (SSSR count). The Morgan fingerprint density at radius 2 is 2.06 bits per heavy atom. The number of benzene rings is 1. The average molecular weight is 305 g/mol. The fourth-order valence-electron chi connectivity index (χ4n) is 2.05. The van der Waals surface area contributed by atoms with E-state index < -0.39 is 0 Å². The smallest absolute Gasteiger partial charge is 0.319 e. The van der Waals surface area contributed by atoms with Gasteiger partial charge in [-0.25, -0.2) is 0 Å². The van der Waals surface area contributed by atoms with Crippen molar-refractivity contribution in [2.75, 3.05) is 4.90 Å². The largest absolute Gasteiger partial charge is 0.333 e. The van der Waals surface area contributed by atoms with E-state index in [4.69, 9.17) is 0 Å². The molecule has 0 fully saturated rings. The maximum Gasteiger partial charge on any atom is 0.333 e. The van der Waals surface area contributed by atoms with Gasteiger partial charge in [-0.3, -0.25) is 0 Å². The highest BCUT2D eigenvalue weighted by Crippen LogP contribution is 2.27. The number of halogens is 1. The lowest BCUT2D eigenvalue weighted by atomic mass is 10.1. The van der Waals surface area contributed by atoms with Crippen LogP contribution < -0.4 is 10.3 Å². The Kier molecular flexibility index (Phi) is 2.76. The molecular formula is C13H11BrN3O+. The number of nitrogens with zero attached hydrogens (tertiary/aromatic N) is 2. The van der Waals surface area contributed by atoms with Crippen LogP contribution in [0.1, 0.15) is 0 Å². The van der Waals surface area contributed by atoms with Crippen molar-refractivity contribution in [3.05, 3.63) is 69.8 Å². The highest BCUT2D eigenvalue weighted by atomic mass is 79.9. The van der Waals surface area contributed by atoms with Crippen LogP contribution in [0.4, 0.5) is 5.69 Å². The summed E-state index contributed by atoms with van der Waals surface area (Å²) in [4.78, 5) is 14.4. The Balaban J connectivity index is 1.99. The lowest BCUT2D eigenvalue weighted by Crippen LogP contribution is -2.50.